The third kappa shape index (κ3) is 5.19. The smallest absolute Gasteiger partial charge is 0.308 e. The van der Waals surface area contributed by atoms with Crippen molar-refractivity contribution in [3.63, 3.8) is 0 Å². The Kier molecular flexibility index (Phi) is 6.28. The summed E-state index contributed by atoms with van der Waals surface area (Å²) in [6.07, 6.45) is 1.97. The summed E-state index contributed by atoms with van der Waals surface area (Å²) in [5.74, 6) is -1.18. The van der Waals surface area contributed by atoms with Gasteiger partial charge in [-0.05, 0) is 36.3 Å². The van der Waals surface area contributed by atoms with Gasteiger partial charge in [0.2, 0.25) is 5.91 Å². The molecule has 0 aromatic heterocycles. The van der Waals surface area contributed by atoms with E-state index in [2.05, 4.69) is 0 Å². The molecule has 2 unspecified atom stereocenters. The van der Waals surface area contributed by atoms with E-state index in [4.69, 9.17) is 0 Å². The molecule has 1 aliphatic rings. The van der Waals surface area contributed by atoms with Gasteiger partial charge in [-0.15, -0.1) is 0 Å². The topological polar surface area (TPSA) is 57.6 Å². The molecule has 1 saturated heterocycles. The van der Waals surface area contributed by atoms with Gasteiger partial charge < -0.3 is 10.0 Å². The highest BCUT2D eigenvalue weighted by Crippen LogP contribution is 2.25. The lowest BCUT2D eigenvalue weighted by Gasteiger charge is -2.36. The lowest BCUT2D eigenvalue weighted by molar-refractivity contribution is -0.148. The molecule has 2 aromatic carbocycles. The van der Waals surface area contributed by atoms with Crippen LogP contribution in [0, 0.1) is 17.8 Å². The molecular weight excluding hydrogens is 338 g/mol. The highest BCUT2D eigenvalue weighted by molar-refractivity contribution is 5.81. The summed E-state index contributed by atoms with van der Waals surface area (Å²) in [7, 11) is 0. The number of aliphatic carboxylic acids is 1. The number of carbonyl (C=O) groups excluding carboxylic acids is 1. The van der Waals surface area contributed by atoms with Crippen LogP contribution in [0.25, 0.3) is 0 Å². The van der Waals surface area contributed by atoms with E-state index in [-0.39, 0.29) is 17.7 Å². The molecule has 2 aromatic rings. The quantitative estimate of drug-likeness (QED) is 0.850. The number of carboxylic acid groups (broad SMARTS) is 1. The van der Waals surface area contributed by atoms with Gasteiger partial charge in [0.15, 0.2) is 0 Å². The second-order valence-corrected chi connectivity index (χ2v) is 7.70. The molecule has 142 valence electrons. The fourth-order valence-corrected chi connectivity index (χ4v) is 4.01. The third-order valence-electron chi connectivity index (χ3n) is 5.32. The van der Waals surface area contributed by atoms with E-state index in [0.717, 1.165) is 11.1 Å². The van der Waals surface area contributed by atoms with Crippen molar-refractivity contribution in [3.8, 4) is 0 Å². The minimum Gasteiger partial charge on any atom is -0.481 e. The van der Waals surface area contributed by atoms with E-state index in [1.54, 1.807) is 4.90 Å². The van der Waals surface area contributed by atoms with Gasteiger partial charge in [-0.2, -0.15) is 0 Å². The number of hydrogen-bond donors (Lipinski definition) is 1. The van der Waals surface area contributed by atoms with Gasteiger partial charge in [0.05, 0.1) is 5.92 Å². The van der Waals surface area contributed by atoms with Crippen molar-refractivity contribution in [1.29, 1.82) is 0 Å². The van der Waals surface area contributed by atoms with E-state index in [1.807, 2.05) is 67.6 Å². The van der Waals surface area contributed by atoms with Crippen molar-refractivity contribution in [2.24, 2.45) is 17.8 Å². The average Bonchev–Trinajstić information content (AvgIpc) is 2.68. The first-order chi connectivity index (χ1) is 13.0. The molecule has 0 saturated carbocycles. The Morgan fingerprint density at radius 1 is 0.963 bits per heavy atom. The molecule has 3 rings (SSSR count). The number of piperidine rings is 1. The SMILES string of the molecule is CC1CC(C(=O)O)CN(C(=O)C(Cc2ccccc2)Cc2ccccc2)C1. The van der Waals surface area contributed by atoms with E-state index in [1.165, 1.54) is 0 Å². The molecule has 1 amide bonds. The number of nitrogens with zero attached hydrogens (tertiary/aromatic N) is 1. The number of rotatable bonds is 6. The first-order valence-corrected chi connectivity index (χ1v) is 9.62. The number of amides is 1. The highest BCUT2D eigenvalue weighted by Gasteiger charge is 2.34. The van der Waals surface area contributed by atoms with Crippen molar-refractivity contribution >= 4 is 11.9 Å². The number of hydrogen-bond acceptors (Lipinski definition) is 2. The zero-order valence-corrected chi connectivity index (χ0v) is 15.8. The fraction of sp³-hybridized carbons (Fsp3) is 0.391. The largest absolute Gasteiger partial charge is 0.481 e. The molecule has 1 heterocycles. The Bertz CT molecular complexity index is 718. The molecular formula is C23H27NO3. The summed E-state index contributed by atoms with van der Waals surface area (Å²) >= 11 is 0. The van der Waals surface area contributed by atoms with Gasteiger partial charge in [0, 0.05) is 19.0 Å². The van der Waals surface area contributed by atoms with Crippen LogP contribution in [-0.2, 0) is 22.4 Å². The Hall–Kier alpha value is -2.62. The third-order valence-corrected chi connectivity index (χ3v) is 5.32. The minimum atomic E-state index is -0.804. The van der Waals surface area contributed by atoms with Crippen molar-refractivity contribution < 1.29 is 14.7 Å². The van der Waals surface area contributed by atoms with E-state index < -0.39 is 11.9 Å². The molecule has 0 radical (unpaired) electrons. The van der Waals surface area contributed by atoms with Crippen LogP contribution in [0.2, 0.25) is 0 Å². The normalized spacial score (nSPS) is 19.9. The zero-order chi connectivity index (χ0) is 19.2. The van der Waals surface area contributed by atoms with Crippen LogP contribution in [0.4, 0.5) is 0 Å². The van der Waals surface area contributed by atoms with Crippen LogP contribution >= 0.6 is 0 Å². The van der Waals surface area contributed by atoms with Gasteiger partial charge in [0.25, 0.3) is 0 Å². The fourth-order valence-electron chi connectivity index (χ4n) is 4.01. The Labute approximate surface area is 160 Å². The van der Waals surface area contributed by atoms with Crippen LogP contribution < -0.4 is 0 Å². The summed E-state index contributed by atoms with van der Waals surface area (Å²) in [6, 6.07) is 20.1. The van der Waals surface area contributed by atoms with Crippen LogP contribution in [0.5, 0.6) is 0 Å². The Morgan fingerprint density at radius 2 is 1.48 bits per heavy atom. The highest BCUT2D eigenvalue weighted by atomic mass is 16.4. The van der Waals surface area contributed by atoms with E-state index in [0.29, 0.717) is 32.4 Å². The van der Waals surface area contributed by atoms with Crippen LogP contribution in [0.15, 0.2) is 60.7 Å². The number of likely N-dealkylation sites (tertiary alicyclic amines) is 1. The predicted molar refractivity (Wildman–Crippen MR) is 105 cm³/mol. The van der Waals surface area contributed by atoms with Gasteiger partial charge in [-0.1, -0.05) is 67.6 Å². The lowest BCUT2D eigenvalue weighted by Crippen LogP contribution is -2.48. The maximum atomic E-state index is 13.4. The predicted octanol–water partition coefficient (Wildman–Crippen LogP) is 3.66. The molecule has 1 aliphatic heterocycles. The second kappa shape index (κ2) is 8.85. The van der Waals surface area contributed by atoms with Crippen molar-refractivity contribution in [1.82, 2.24) is 4.90 Å². The molecule has 0 spiro atoms. The number of carbonyl (C=O) groups is 2. The lowest BCUT2D eigenvalue weighted by atomic mass is 9.87. The van der Waals surface area contributed by atoms with Gasteiger partial charge >= 0.3 is 5.97 Å². The maximum Gasteiger partial charge on any atom is 0.308 e. The van der Waals surface area contributed by atoms with Gasteiger partial charge in [-0.3, -0.25) is 9.59 Å². The summed E-state index contributed by atoms with van der Waals surface area (Å²) in [6.45, 7) is 2.99. The van der Waals surface area contributed by atoms with Crippen LogP contribution in [0.1, 0.15) is 24.5 Å². The molecule has 0 aliphatic carbocycles. The van der Waals surface area contributed by atoms with Crippen LogP contribution in [0.3, 0.4) is 0 Å². The second-order valence-electron chi connectivity index (χ2n) is 7.70. The van der Waals surface area contributed by atoms with Crippen molar-refractivity contribution in [3.05, 3.63) is 71.8 Å². The number of benzene rings is 2. The van der Waals surface area contributed by atoms with Crippen molar-refractivity contribution in [2.75, 3.05) is 13.1 Å². The first kappa shape index (κ1) is 19.2. The van der Waals surface area contributed by atoms with E-state index in [9.17, 15) is 14.7 Å². The maximum absolute atomic E-state index is 13.4. The minimum absolute atomic E-state index is 0.0699. The molecule has 2 atom stereocenters. The Balaban J connectivity index is 1.80. The summed E-state index contributed by atoms with van der Waals surface area (Å²) in [5.41, 5.74) is 2.26. The zero-order valence-electron chi connectivity index (χ0n) is 15.8. The first-order valence-electron chi connectivity index (χ1n) is 9.62. The standard InChI is InChI=1S/C23H27NO3/c1-17-12-21(23(26)27)16-24(15-17)22(25)20(13-18-8-4-2-5-9-18)14-19-10-6-3-7-11-19/h2-11,17,20-21H,12-16H2,1H3,(H,26,27). The monoisotopic (exact) mass is 365 g/mol. The van der Waals surface area contributed by atoms with Crippen LogP contribution in [-0.4, -0.2) is 35.0 Å². The summed E-state index contributed by atoms with van der Waals surface area (Å²) < 4.78 is 0. The molecule has 1 N–H and O–H groups in total. The van der Waals surface area contributed by atoms with Gasteiger partial charge in [0.1, 0.15) is 0 Å². The molecule has 4 nitrogen and oxygen atoms in total. The average molecular weight is 365 g/mol. The Morgan fingerprint density at radius 3 is 1.96 bits per heavy atom. The van der Waals surface area contributed by atoms with Crippen molar-refractivity contribution in [2.45, 2.75) is 26.2 Å². The number of carboxylic acids is 1. The molecule has 4 heteroatoms. The molecule has 1 fully saturated rings. The molecule has 0 bridgehead atoms. The summed E-state index contributed by atoms with van der Waals surface area (Å²) in [4.78, 5) is 26.6. The van der Waals surface area contributed by atoms with Gasteiger partial charge in [-0.25, -0.2) is 0 Å². The summed E-state index contributed by atoms with van der Waals surface area (Å²) in [5, 5.41) is 9.43. The van der Waals surface area contributed by atoms with E-state index >= 15 is 0 Å². The molecule has 27 heavy (non-hydrogen) atoms.